The van der Waals surface area contributed by atoms with Crippen LogP contribution >= 0.6 is 0 Å². The fourth-order valence-corrected chi connectivity index (χ4v) is 4.44. The SMILES string of the molecule is CC(C)C[C@@H](O)C(=O)N1CCN(Cc2ccccc2)CC1.c1ccc(CN2CCNCC2)cc1. The lowest BCUT2D eigenvalue weighted by Crippen LogP contribution is -2.51. The molecule has 0 unspecified atom stereocenters. The van der Waals surface area contributed by atoms with Crippen molar-refractivity contribution in [2.45, 2.75) is 39.5 Å². The molecular weight excluding hydrogens is 424 g/mol. The Balaban J connectivity index is 0.000000212. The molecule has 2 fully saturated rings. The van der Waals surface area contributed by atoms with Gasteiger partial charge >= 0.3 is 0 Å². The summed E-state index contributed by atoms with van der Waals surface area (Å²) in [5.41, 5.74) is 2.72. The van der Waals surface area contributed by atoms with Crippen molar-refractivity contribution in [3.8, 4) is 0 Å². The van der Waals surface area contributed by atoms with E-state index in [0.717, 1.165) is 39.3 Å². The van der Waals surface area contributed by atoms with Gasteiger partial charge in [-0.05, 0) is 23.5 Å². The van der Waals surface area contributed by atoms with Crippen LogP contribution in [0.2, 0.25) is 0 Å². The number of nitrogens with one attached hydrogen (secondary N) is 1. The number of rotatable bonds is 7. The van der Waals surface area contributed by atoms with Crippen molar-refractivity contribution >= 4 is 5.91 Å². The Morgan fingerprint density at radius 3 is 1.74 bits per heavy atom. The van der Waals surface area contributed by atoms with Crippen LogP contribution in [0.3, 0.4) is 0 Å². The zero-order valence-electron chi connectivity index (χ0n) is 20.9. The van der Waals surface area contributed by atoms with Crippen LogP contribution in [-0.2, 0) is 17.9 Å². The molecule has 2 aliphatic rings. The van der Waals surface area contributed by atoms with Crippen LogP contribution in [0.5, 0.6) is 0 Å². The lowest BCUT2D eigenvalue weighted by molar-refractivity contribution is -0.142. The summed E-state index contributed by atoms with van der Waals surface area (Å²) in [4.78, 5) is 18.8. The van der Waals surface area contributed by atoms with E-state index in [1.165, 1.54) is 24.2 Å². The summed E-state index contributed by atoms with van der Waals surface area (Å²) < 4.78 is 0. The van der Waals surface area contributed by atoms with Gasteiger partial charge in [0.15, 0.2) is 0 Å². The first kappa shape index (κ1) is 26.4. The van der Waals surface area contributed by atoms with E-state index in [1.54, 1.807) is 4.90 Å². The average molecular weight is 467 g/mol. The van der Waals surface area contributed by atoms with E-state index in [2.05, 4.69) is 69.7 Å². The molecule has 1 atom stereocenters. The summed E-state index contributed by atoms with van der Waals surface area (Å²) >= 11 is 0. The van der Waals surface area contributed by atoms with E-state index < -0.39 is 6.10 Å². The van der Waals surface area contributed by atoms with E-state index in [4.69, 9.17) is 0 Å². The molecule has 0 spiro atoms. The number of carbonyl (C=O) groups excluding carboxylic acids is 1. The smallest absolute Gasteiger partial charge is 0.251 e. The molecule has 4 rings (SSSR count). The van der Waals surface area contributed by atoms with Gasteiger partial charge in [0.25, 0.3) is 5.91 Å². The number of aliphatic hydroxyl groups is 1. The van der Waals surface area contributed by atoms with Gasteiger partial charge in [0, 0.05) is 65.4 Å². The number of hydrogen-bond donors (Lipinski definition) is 2. The molecule has 186 valence electrons. The zero-order chi connectivity index (χ0) is 24.2. The van der Waals surface area contributed by atoms with Gasteiger partial charge in [0.05, 0.1) is 0 Å². The molecule has 6 nitrogen and oxygen atoms in total. The van der Waals surface area contributed by atoms with Gasteiger partial charge < -0.3 is 15.3 Å². The minimum Gasteiger partial charge on any atom is -0.383 e. The maximum atomic E-state index is 12.2. The first-order valence-corrected chi connectivity index (χ1v) is 12.7. The van der Waals surface area contributed by atoms with Gasteiger partial charge in [-0.2, -0.15) is 0 Å². The molecular formula is C28H42N4O2. The summed E-state index contributed by atoms with van der Waals surface area (Å²) in [5, 5.41) is 13.3. The second-order valence-electron chi connectivity index (χ2n) is 9.74. The highest BCUT2D eigenvalue weighted by molar-refractivity contribution is 5.80. The third-order valence-corrected chi connectivity index (χ3v) is 6.37. The maximum Gasteiger partial charge on any atom is 0.251 e. The van der Waals surface area contributed by atoms with E-state index in [0.29, 0.717) is 25.4 Å². The monoisotopic (exact) mass is 466 g/mol. The van der Waals surface area contributed by atoms with Crippen LogP contribution < -0.4 is 5.32 Å². The fraction of sp³-hybridized carbons (Fsp3) is 0.536. The number of nitrogens with zero attached hydrogens (tertiary/aromatic N) is 3. The van der Waals surface area contributed by atoms with Gasteiger partial charge in [-0.15, -0.1) is 0 Å². The summed E-state index contributed by atoms with van der Waals surface area (Å²) in [7, 11) is 0. The Kier molecular flexibility index (Phi) is 11.0. The van der Waals surface area contributed by atoms with Crippen molar-refractivity contribution in [2.24, 2.45) is 5.92 Å². The molecule has 6 heteroatoms. The highest BCUT2D eigenvalue weighted by Gasteiger charge is 2.26. The Bertz CT molecular complexity index is 817. The number of benzene rings is 2. The van der Waals surface area contributed by atoms with Crippen LogP contribution in [0, 0.1) is 5.92 Å². The van der Waals surface area contributed by atoms with Crippen LogP contribution in [0.4, 0.5) is 0 Å². The summed E-state index contributed by atoms with van der Waals surface area (Å²) in [5.74, 6) is 0.228. The Labute approximate surface area is 205 Å². The number of hydrogen-bond acceptors (Lipinski definition) is 5. The largest absolute Gasteiger partial charge is 0.383 e. The molecule has 0 saturated carbocycles. The highest BCUT2D eigenvalue weighted by atomic mass is 16.3. The van der Waals surface area contributed by atoms with Gasteiger partial charge in [0.1, 0.15) is 6.10 Å². The zero-order valence-corrected chi connectivity index (χ0v) is 20.9. The quantitative estimate of drug-likeness (QED) is 0.657. The minimum absolute atomic E-state index is 0.108. The number of amides is 1. The van der Waals surface area contributed by atoms with Crippen LogP contribution in [0.25, 0.3) is 0 Å². The van der Waals surface area contributed by atoms with Gasteiger partial charge in [-0.25, -0.2) is 0 Å². The topological polar surface area (TPSA) is 59.1 Å². The third-order valence-electron chi connectivity index (χ3n) is 6.37. The highest BCUT2D eigenvalue weighted by Crippen LogP contribution is 2.12. The summed E-state index contributed by atoms with van der Waals surface area (Å²) in [6.45, 7) is 13.8. The molecule has 0 aliphatic carbocycles. The lowest BCUT2D eigenvalue weighted by Gasteiger charge is -2.35. The molecule has 1 amide bonds. The molecule has 0 aromatic heterocycles. The van der Waals surface area contributed by atoms with Crippen LogP contribution in [0.1, 0.15) is 31.4 Å². The van der Waals surface area contributed by atoms with E-state index >= 15 is 0 Å². The second kappa shape index (κ2) is 14.2. The molecule has 0 bridgehead atoms. The molecule has 2 saturated heterocycles. The van der Waals surface area contributed by atoms with Crippen molar-refractivity contribution in [1.82, 2.24) is 20.0 Å². The molecule has 34 heavy (non-hydrogen) atoms. The summed E-state index contributed by atoms with van der Waals surface area (Å²) in [6, 6.07) is 21.1. The molecule has 2 aliphatic heterocycles. The fourth-order valence-electron chi connectivity index (χ4n) is 4.44. The Morgan fingerprint density at radius 2 is 1.26 bits per heavy atom. The van der Waals surface area contributed by atoms with E-state index in [-0.39, 0.29) is 5.91 Å². The molecule has 2 aromatic rings. The number of piperazine rings is 2. The number of carbonyl (C=O) groups is 1. The number of aliphatic hydroxyl groups excluding tert-OH is 1. The van der Waals surface area contributed by atoms with Crippen molar-refractivity contribution in [3.63, 3.8) is 0 Å². The van der Waals surface area contributed by atoms with Crippen LogP contribution in [-0.4, -0.2) is 84.2 Å². The third kappa shape index (κ3) is 9.18. The Morgan fingerprint density at radius 1 is 0.794 bits per heavy atom. The van der Waals surface area contributed by atoms with Crippen molar-refractivity contribution in [2.75, 3.05) is 52.4 Å². The minimum atomic E-state index is -0.842. The van der Waals surface area contributed by atoms with Gasteiger partial charge in [0.2, 0.25) is 0 Å². The molecule has 0 radical (unpaired) electrons. The van der Waals surface area contributed by atoms with E-state index in [9.17, 15) is 9.90 Å². The average Bonchev–Trinajstić information content (AvgIpc) is 2.86. The first-order valence-electron chi connectivity index (χ1n) is 12.7. The summed E-state index contributed by atoms with van der Waals surface area (Å²) in [6.07, 6.45) is -0.297. The van der Waals surface area contributed by atoms with Crippen LogP contribution in [0.15, 0.2) is 60.7 Å². The van der Waals surface area contributed by atoms with Gasteiger partial charge in [-0.1, -0.05) is 74.5 Å². The molecule has 2 aromatic carbocycles. The second-order valence-corrected chi connectivity index (χ2v) is 9.74. The normalized spacial score (nSPS) is 18.3. The Hall–Kier alpha value is -2.25. The van der Waals surface area contributed by atoms with E-state index in [1.807, 2.05) is 19.9 Å². The lowest BCUT2D eigenvalue weighted by atomic mass is 10.0. The van der Waals surface area contributed by atoms with Crippen molar-refractivity contribution < 1.29 is 9.90 Å². The molecule has 2 N–H and O–H groups in total. The first-order chi connectivity index (χ1) is 16.5. The predicted molar refractivity (Wildman–Crippen MR) is 138 cm³/mol. The standard InChI is InChI=1S/C17H26N2O2.C11H16N2/c1-14(2)12-16(20)17(21)19-10-8-18(9-11-19)13-15-6-4-3-5-7-15;1-2-4-11(5-3-1)10-13-8-6-12-7-9-13/h3-7,14,16,20H,8-13H2,1-2H3;1-5,12H,6-10H2/t16-;/m1./s1. The van der Waals surface area contributed by atoms with Crippen molar-refractivity contribution in [3.05, 3.63) is 71.8 Å². The predicted octanol–water partition coefficient (Wildman–Crippen LogP) is 2.83. The molecule has 2 heterocycles. The maximum absolute atomic E-state index is 12.2. The van der Waals surface area contributed by atoms with Crippen molar-refractivity contribution in [1.29, 1.82) is 0 Å². The van der Waals surface area contributed by atoms with Gasteiger partial charge in [-0.3, -0.25) is 14.6 Å².